The molecule has 0 saturated carbocycles. The van der Waals surface area contributed by atoms with Gasteiger partial charge in [0.2, 0.25) is 11.8 Å². The predicted octanol–water partition coefficient (Wildman–Crippen LogP) is -4.34. The Morgan fingerprint density at radius 2 is 0.839 bits per heavy atom. The number of fused-ring (bicyclic) bond motifs is 2. The maximum absolute atomic E-state index is 15.3. The summed E-state index contributed by atoms with van der Waals surface area (Å²) >= 11 is 14.9. The molecule has 4 rings (SSSR count). The van der Waals surface area contributed by atoms with Gasteiger partial charge in [-0.2, -0.15) is 0 Å². The van der Waals surface area contributed by atoms with Crippen molar-refractivity contribution in [2.45, 2.75) is 48.6 Å². The first kappa shape index (κ1) is 84.3. The van der Waals surface area contributed by atoms with Gasteiger partial charge in [0, 0.05) is 42.3 Å². The van der Waals surface area contributed by atoms with Gasteiger partial charge in [-0.1, -0.05) is 0 Å². The highest BCUT2D eigenvalue weighted by Gasteiger charge is 2.46. The molecule has 0 fully saturated rings. The van der Waals surface area contributed by atoms with Crippen molar-refractivity contribution in [3.05, 3.63) is 65.5 Å². The minimum absolute atomic E-state index is 0.0335. The van der Waals surface area contributed by atoms with Crippen LogP contribution in [-0.2, 0) is 14.4 Å². The number of nitrogens with zero attached hydrogens (tertiary/aromatic N) is 2. The summed E-state index contributed by atoms with van der Waals surface area (Å²) in [5, 5.41) is 172. The fourth-order valence-corrected chi connectivity index (χ4v) is 22.6. The van der Waals surface area contributed by atoms with Crippen molar-refractivity contribution in [3.63, 3.8) is 0 Å². The van der Waals surface area contributed by atoms with Crippen molar-refractivity contribution < 1.29 is 120 Å². The molecule has 1 heterocycles. The van der Waals surface area contributed by atoms with Crippen LogP contribution in [0, 0.1) is 37.5 Å². The first-order valence-electron chi connectivity index (χ1n) is 26.5. The lowest BCUT2D eigenvalue weighted by atomic mass is 9.85. The topological polar surface area (TPSA) is 548 Å². The van der Waals surface area contributed by atoms with Crippen LogP contribution in [0.25, 0.3) is 0 Å². The fourth-order valence-electron chi connectivity index (χ4n) is 9.09. The summed E-state index contributed by atoms with van der Waals surface area (Å²) in [5.74, 6) is -9.81. The number of carbonyl (C=O) groups excluding carboxylic acids is 9. The fraction of sp³-hybridized carbons (Fsp3) is 0.471. The molecule has 1 aliphatic rings. The molecule has 42 heteroatoms. The molecule has 2 bridgehead atoms. The molecule has 9 amide bonds. The number of aliphatic hydroxyl groups excluding tert-OH is 15. The molecule has 33 nitrogen and oxygen atoms in total. The smallest absolute Gasteiger partial charge is 0.256 e. The predicted molar refractivity (Wildman–Crippen MR) is 401 cm³/mol. The molecule has 8 atom stereocenters. The van der Waals surface area contributed by atoms with Crippen LogP contribution in [-0.4, -0.2) is 282 Å². The standard InChI is InChI=1S/C51H60I9N9O24/c52-33-27(36(55)42(66-24(85)9-78)38(57)29(33)48(91)64-16(1-70)20(81)5-74)45(88)61-12-51(13-62-46(89)28-34(53)30(49(92)65-17(2-71)21(82)6-75)39(58)43(37(28)56)67-25(86)10-79)14-63-47(90)31-35(54)32(41(60)44(40(31)59)68(15-51)26(87)11-80)50(93)69(18(3-72)22(83)7-76)19(4-73)23(84)8-77/h16-23,70-84H,1-15H2,(H,61,88)(H,62,89)(H,63,90)(H,64,91)(H,65,92)(H,66,85)(H,67,86). The Morgan fingerprint density at radius 1 is 0.462 bits per heavy atom. The lowest BCUT2D eigenvalue weighted by Gasteiger charge is -2.41. The molecule has 516 valence electrons. The minimum Gasteiger partial charge on any atom is -0.394 e. The van der Waals surface area contributed by atoms with E-state index >= 15 is 19.2 Å². The van der Waals surface area contributed by atoms with Gasteiger partial charge < -0.3 is 124 Å². The highest BCUT2D eigenvalue weighted by molar-refractivity contribution is 14.1. The number of halogens is 9. The Morgan fingerprint density at radius 3 is 1.17 bits per heavy atom. The summed E-state index contributed by atoms with van der Waals surface area (Å²) in [6.07, 6.45) is -7.35. The van der Waals surface area contributed by atoms with E-state index in [-0.39, 0.29) is 77.0 Å². The second kappa shape index (κ2) is 38.6. The second-order valence-electron chi connectivity index (χ2n) is 20.0. The molecule has 0 saturated heterocycles. The van der Waals surface area contributed by atoms with Crippen LogP contribution in [0.15, 0.2) is 0 Å². The van der Waals surface area contributed by atoms with Gasteiger partial charge in [0.1, 0.15) is 19.8 Å². The van der Waals surface area contributed by atoms with E-state index < -0.39 is 212 Å². The zero-order chi connectivity index (χ0) is 70.4. The van der Waals surface area contributed by atoms with Crippen molar-refractivity contribution in [2.24, 2.45) is 5.41 Å². The normalized spacial score (nSPS) is 16.6. The third-order valence-electron chi connectivity index (χ3n) is 14.1. The van der Waals surface area contributed by atoms with Crippen molar-refractivity contribution >= 4 is 274 Å². The van der Waals surface area contributed by atoms with E-state index in [2.05, 4.69) is 37.2 Å². The van der Waals surface area contributed by atoms with Gasteiger partial charge in [0.25, 0.3) is 41.4 Å². The third-order valence-corrected chi connectivity index (χ3v) is 23.7. The molecule has 3 aromatic rings. The lowest BCUT2D eigenvalue weighted by Crippen LogP contribution is -2.60. The molecule has 0 radical (unpaired) electrons. The van der Waals surface area contributed by atoms with Crippen molar-refractivity contribution in [2.75, 3.05) is 114 Å². The highest BCUT2D eigenvalue weighted by Crippen LogP contribution is 2.43. The molecule has 1 aliphatic heterocycles. The highest BCUT2D eigenvalue weighted by atomic mass is 127. The zero-order valence-corrected chi connectivity index (χ0v) is 66.8. The molecule has 0 aromatic heterocycles. The monoisotopic (exact) mass is 2320 g/mol. The Balaban J connectivity index is 2.17. The molecule has 22 N–H and O–H groups in total. The minimum atomic E-state index is -2.03. The van der Waals surface area contributed by atoms with E-state index in [0.717, 1.165) is 4.90 Å². The van der Waals surface area contributed by atoms with Crippen LogP contribution < -0.4 is 42.1 Å². The van der Waals surface area contributed by atoms with Gasteiger partial charge in [-0.15, -0.1) is 0 Å². The number of rotatable bonds is 30. The van der Waals surface area contributed by atoms with Gasteiger partial charge in [-0.3, -0.25) is 43.2 Å². The maximum Gasteiger partial charge on any atom is 0.256 e. The van der Waals surface area contributed by atoms with E-state index in [9.17, 15) is 101 Å². The summed E-state index contributed by atoms with van der Waals surface area (Å²) in [5.41, 5.74) is -5.04. The molecule has 93 heavy (non-hydrogen) atoms. The molecule has 0 aliphatic carbocycles. The Hall–Kier alpha value is -1.14. The van der Waals surface area contributed by atoms with Gasteiger partial charge in [-0.25, -0.2) is 0 Å². The molecular formula is C51H60I9N9O24. The quantitative estimate of drug-likeness (QED) is 0.0281. The van der Waals surface area contributed by atoms with Gasteiger partial charge in [0.15, 0.2) is 0 Å². The first-order chi connectivity index (χ1) is 43.8. The summed E-state index contributed by atoms with van der Waals surface area (Å²) in [7, 11) is 0. The second-order valence-corrected chi connectivity index (χ2v) is 29.7. The van der Waals surface area contributed by atoms with Gasteiger partial charge in [-0.05, 0) is 203 Å². The number of hydrogen-bond acceptors (Lipinski definition) is 24. The van der Waals surface area contributed by atoms with Crippen molar-refractivity contribution in [1.29, 1.82) is 0 Å². The maximum atomic E-state index is 15.3. The number of nitrogens with one attached hydrogen (secondary N) is 7. The van der Waals surface area contributed by atoms with Crippen LogP contribution >= 0.6 is 203 Å². The molecule has 0 spiro atoms. The van der Waals surface area contributed by atoms with Crippen molar-refractivity contribution in [3.8, 4) is 0 Å². The lowest BCUT2D eigenvalue weighted by molar-refractivity contribution is -0.121. The number of hydrogen-bond donors (Lipinski definition) is 22. The van der Waals surface area contributed by atoms with E-state index in [1.807, 2.05) is 0 Å². The van der Waals surface area contributed by atoms with Gasteiger partial charge >= 0.3 is 0 Å². The largest absolute Gasteiger partial charge is 0.394 e. The average Bonchev–Trinajstić information content (AvgIpc) is 1.67. The van der Waals surface area contributed by atoms with Crippen LogP contribution in [0.5, 0.6) is 0 Å². The van der Waals surface area contributed by atoms with Crippen LogP contribution in [0.2, 0.25) is 0 Å². The third kappa shape index (κ3) is 19.5. The van der Waals surface area contributed by atoms with Gasteiger partial charge in [0.05, 0.1) is 173 Å². The number of aliphatic hydroxyl groups is 15. The molecule has 8 unspecified atom stereocenters. The molecular weight excluding hydrogens is 2260 g/mol. The summed E-state index contributed by atoms with van der Waals surface area (Å²) in [4.78, 5) is 131. The van der Waals surface area contributed by atoms with E-state index in [4.69, 9.17) is 0 Å². The Bertz CT molecular complexity index is 3190. The van der Waals surface area contributed by atoms with Crippen LogP contribution in [0.4, 0.5) is 17.1 Å². The SMILES string of the molecule is O=C(CO)Nc1c(I)c(C(=O)NCC2(CNC(=O)c3c(I)c(NC(=O)CO)c(I)c(C(=O)NC(CO)C(O)CO)c3I)CNC(=O)c3c(I)c(C(=O)N(C(CO)C(O)CO)C(CO)C(O)CO)c(I)c(c3I)N(C(=O)CO)C2)c(I)c(C(=O)NC(CO)C(O)CO)c1I. The molecule has 3 aromatic carbocycles. The summed E-state index contributed by atoms with van der Waals surface area (Å²) in [6, 6.07) is -6.66. The van der Waals surface area contributed by atoms with E-state index in [1.54, 1.807) is 203 Å². The number of anilines is 3. The number of amides is 9. The van der Waals surface area contributed by atoms with Crippen LogP contribution in [0.1, 0.15) is 62.1 Å². The van der Waals surface area contributed by atoms with E-state index in [0.29, 0.717) is 4.90 Å². The summed E-state index contributed by atoms with van der Waals surface area (Å²) < 4.78 is -1.02. The number of benzene rings is 3. The number of carbonyl (C=O) groups is 9. The average molecular weight is 2330 g/mol. The first-order valence-corrected chi connectivity index (χ1v) is 36.2. The van der Waals surface area contributed by atoms with Crippen molar-refractivity contribution in [1.82, 2.24) is 31.5 Å². The summed E-state index contributed by atoms with van der Waals surface area (Å²) in [6.45, 7) is -14.7. The van der Waals surface area contributed by atoms with Crippen LogP contribution in [0.3, 0.4) is 0 Å². The van der Waals surface area contributed by atoms with E-state index in [1.165, 1.54) is 0 Å². The zero-order valence-electron chi connectivity index (χ0n) is 47.4. The Labute approximate surface area is 650 Å². The Kier molecular flexibility index (Phi) is 35.0.